The zero-order valence-electron chi connectivity index (χ0n) is 23.8. The average molecular weight is 591 g/mol. The highest BCUT2D eigenvalue weighted by Crippen LogP contribution is 2.44. The van der Waals surface area contributed by atoms with E-state index < -0.39 is 46.1 Å². The van der Waals surface area contributed by atoms with Crippen LogP contribution in [0, 0.1) is 24.4 Å². The Hall–Kier alpha value is -4.87. The molecule has 9 nitrogen and oxygen atoms in total. The van der Waals surface area contributed by atoms with E-state index in [9.17, 15) is 19.1 Å². The van der Waals surface area contributed by atoms with Crippen LogP contribution in [0.15, 0.2) is 47.9 Å². The molecule has 2 aromatic heterocycles. The first-order valence-corrected chi connectivity index (χ1v) is 13.9. The van der Waals surface area contributed by atoms with E-state index in [2.05, 4.69) is 21.9 Å². The molecule has 1 fully saturated rings. The van der Waals surface area contributed by atoms with Gasteiger partial charge in [-0.2, -0.15) is 4.98 Å². The molecule has 0 saturated carbocycles. The number of aryl methyl sites for hydroxylation is 1. The van der Waals surface area contributed by atoms with Crippen LogP contribution in [0.2, 0.25) is 0 Å². The number of amides is 1. The van der Waals surface area contributed by atoms with Crippen LogP contribution >= 0.6 is 0 Å². The molecule has 2 aromatic carbocycles. The number of carbonyl (C=O) groups excluding carboxylic acids is 1. The van der Waals surface area contributed by atoms with E-state index in [-0.39, 0.29) is 47.3 Å². The van der Waals surface area contributed by atoms with Crippen LogP contribution in [0.25, 0.3) is 27.7 Å². The summed E-state index contributed by atoms with van der Waals surface area (Å²) in [5.41, 5.74) is 0.00544. The standard InChI is InChI=1S/C31H29F3N6O3/c1-5-22(42)38-10-11-39-17(14-38)13-36-28-24-20(12-18(25(28)33)23-21(41)7-6-19(32)26(23)34)40(31(43)37-30(24)39)29-16(4)8-9-35-27(29)15(2)3/h5-9,12,15,17,36,41H,1,10-11,13-14H2,2-4H3. The summed E-state index contributed by atoms with van der Waals surface area (Å²) >= 11 is 0. The lowest BCUT2D eigenvalue weighted by molar-refractivity contribution is -0.126. The first kappa shape index (κ1) is 28.3. The summed E-state index contributed by atoms with van der Waals surface area (Å²) in [4.78, 5) is 38.9. The number of phenols is 1. The Kier molecular flexibility index (Phi) is 6.86. The summed E-state index contributed by atoms with van der Waals surface area (Å²) in [6, 6.07) is 4.28. The Labute approximate surface area is 244 Å². The van der Waals surface area contributed by atoms with Crippen LogP contribution in [0.3, 0.4) is 0 Å². The quantitative estimate of drug-likeness (QED) is 0.334. The molecule has 222 valence electrons. The molecule has 0 aliphatic carbocycles. The molecule has 0 radical (unpaired) electrons. The zero-order chi connectivity index (χ0) is 30.7. The smallest absolute Gasteiger partial charge is 0.354 e. The molecule has 0 bridgehead atoms. The Morgan fingerprint density at radius 1 is 1.19 bits per heavy atom. The Balaban J connectivity index is 1.72. The van der Waals surface area contributed by atoms with Gasteiger partial charge in [0.2, 0.25) is 5.91 Å². The number of nitrogens with one attached hydrogen (secondary N) is 1. The highest BCUT2D eigenvalue weighted by Gasteiger charge is 2.36. The molecule has 1 unspecified atom stereocenters. The number of phenolic OH excluding ortho intramolecular Hbond substituents is 1. The summed E-state index contributed by atoms with van der Waals surface area (Å²) in [5.74, 6) is -4.49. The maximum Gasteiger partial charge on any atom is 0.354 e. The van der Waals surface area contributed by atoms with Gasteiger partial charge >= 0.3 is 5.69 Å². The second kappa shape index (κ2) is 10.4. The van der Waals surface area contributed by atoms with E-state index in [0.29, 0.717) is 30.0 Å². The largest absolute Gasteiger partial charge is 0.507 e. The molecular weight excluding hydrogens is 561 g/mol. The number of hydrogen-bond donors (Lipinski definition) is 2. The Morgan fingerprint density at radius 2 is 1.95 bits per heavy atom. The van der Waals surface area contributed by atoms with Gasteiger partial charge in [-0.05, 0) is 48.7 Å². The SMILES string of the molecule is C=CC(=O)N1CCN2c3nc(=O)n(-c4c(C)ccnc4C(C)C)c4cc(-c5c(O)ccc(F)c5F)c(F)c(c34)NCC2C1. The number of fused-ring (bicyclic) bond motifs is 2. The van der Waals surface area contributed by atoms with Crippen LogP contribution in [0.4, 0.5) is 24.7 Å². The summed E-state index contributed by atoms with van der Waals surface area (Å²) in [7, 11) is 0. The van der Waals surface area contributed by atoms with Gasteiger partial charge in [0, 0.05) is 37.9 Å². The third-order valence-corrected chi connectivity index (χ3v) is 8.12. The number of halogens is 3. The highest BCUT2D eigenvalue weighted by molar-refractivity contribution is 6.05. The lowest BCUT2D eigenvalue weighted by atomic mass is 9.98. The van der Waals surface area contributed by atoms with E-state index in [4.69, 9.17) is 0 Å². The van der Waals surface area contributed by atoms with Crippen molar-refractivity contribution in [2.24, 2.45) is 0 Å². The molecular formula is C31H29F3N6O3. The average Bonchev–Trinajstić information content (AvgIpc) is 3.14. The van der Waals surface area contributed by atoms with Gasteiger partial charge in [-0.25, -0.2) is 18.0 Å². The van der Waals surface area contributed by atoms with Gasteiger partial charge < -0.3 is 20.2 Å². The van der Waals surface area contributed by atoms with Crippen molar-refractivity contribution in [3.05, 3.63) is 82.3 Å². The number of aromatic nitrogens is 3. The molecule has 1 amide bonds. The van der Waals surface area contributed by atoms with Crippen LogP contribution in [0.5, 0.6) is 5.75 Å². The highest BCUT2D eigenvalue weighted by atomic mass is 19.2. The molecule has 1 saturated heterocycles. The second-order valence-electron chi connectivity index (χ2n) is 11.0. The van der Waals surface area contributed by atoms with E-state index in [1.54, 1.807) is 24.1 Å². The summed E-state index contributed by atoms with van der Waals surface area (Å²) in [6.45, 7) is 10.2. The fourth-order valence-corrected chi connectivity index (χ4v) is 6.06. The molecule has 4 heterocycles. The van der Waals surface area contributed by atoms with Crippen LogP contribution in [0.1, 0.15) is 31.0 Å². The van der Waals surface area contributed by atoms with Crippen LogP contribution < -0.4 is 15.9 Å². The molecule has 2 aliphatic rings. The fraction of sp³-hybridized carbons (Fsp3) is 0.290. The number of hydrogen-bond acceptors (Lipinski definition) is 7. The molecule has 2 N–H and O–H groups in total. The maximum absolute atomic E-state index is 16.5. The van der Waals surface area contributed by atoms with Gasteiger partial charge in [0.1, 0.15) is 11.6 Å². The first-order chi connectivity index (χ1) is 20.5. The number of rotatable bonds is 4. The molecule has 43 heavy (non-hydrogen) atoms. The molecule has 12 heteroatoms. The molecule has 2 aliphatic heterocycles. The van der Waals surface area contributed by atoms with Crippen LogP contribution in [-0.4, -0.2) is 62.7 Å². The topological polar surface area (TPSA) is 104 Å². The van der Waals surface area contributed by atoms with E-state index >= 15 is 8.78 Å². The normalized spacial score (nSPS) is 16.2. The molecule has 0 spiro atoms. The van der Waals surface area contributed by atoms with Crippen molar-refractivity contribution in [2.45, 2.75) is 32.7 Å². The number of pyridine rings is 1. The second-order valence-corrected chi connectivity index (χ2v) is 11.0. The number of piperazine rings is 1. The van der Waals surface area contributed by atoms with Gasteiger partial charge in [0.05, 0.1) is 39.6 Å². The monoisotopic (exact) mass is 590 g/mol. The predicted octanol–water partition coefficient (Wildman–Crippen LogP) is 4.63. The maximum atomic E-state index is 16.5. The van der Waals surface area contributed by atoms with Gasteiger partial charge in [0.25, 0.3) is 0 Å². The minimum Gasteiger partial charge on any atom is -0.507 e. The summed E-state index contributed by atoms with van der Waals surface area (Å²) in [6.07, 6.45) is 2.85. The number of aromatic hydroxyl groups is 1. The minimum atomic E-state index is -1.43. The van der Waals surface area contributed by atoms with Gasteiger partial charge in [-0.1, -0.05) is 20.4 Å². The van der Waals surface area contributed by atoms with E-state index in [0.717, 1.165) is 12.1 Å². The third-order valence-electron chi connectivity index (χ3n) is 8.12. The minimum absolute atomic E-state index is 0.0875. The Bertz CT molecular complexity index is 1890. The Morgan fingerprint density at radius 3 is 2.67 bits per heavy atom. The van der Waals surface area contributed by atoms with E-state index in [1.807, 2.05) is 18.7 Å². The van der Waals surface area contributed by atoms with Crippen molar-refractivity contribution in [1.82, 2.24) is 19.4 Å². The summed E-state index contributed by atoms with van der Waals surface area (Å²) in [5, 5.41) is 13.9. The van der Waals surface area contributed by atoms with Crippen molar-refractivity contribution in [1.29, 1.82) is 0 Å². The molecule has 6 rings (SSSR count). The zero-order valence-corrected chi connectivity index (χ0v) is 23.8. The predicted molar refractivity (Wildman–Crippen MR) is 157 cm³/mol. The van der Waals surface area contributed by atoms with Gasteiger partial charge in [-0.15, -0.1) is 0 Å². The molecule has 4 aromatic rings. The van der Waals surface area contributed by atoms with Gasteiger partial charge in [0.15, 0.2) is 17.5 Å². The first-order valence-electron chi connectivity index (χ1n) is 13.9. The number of benzene rings is 2. The van der Waals surface area contributed by atoms with Gasteiger partial charge in [-0.3, -0.25) is 14.3 Å². The number of nitrogens with zero attached hydrogens (tertiary/aromatic N) is 5. The third kappa shape index (κ3) is 4.39. The molecule has 1 atom stereocenters. The van der Waals surface area contributed by atoms with Crippen molar-refractivity contribution in [3.63, 3.8) is 0 Å². The summed E-state index contributed by atoms with van der Waals surface area (Å²) < 4.78 is 47.5. The lowest BCUT2D eigenvalue weighted by Crippen LogP contribution is -2.57. The fourth-order valence-electron chi connectivity index (χ4n) is 6.06. The number of carbonyl (C=O) groups is 1. The van der Waals surface area contributed by atoms with Crippen molar-refractivity contribution in [3.8, 4) is 22.6 Å². The van der Waals surface area contributed by atoms with Crippen LogP contribution in [-0.2, 0) is 4.79 Å². The van der Waals surface area contributed by atoms with Crippen molar-refractivity contribution in [2.75, 3.05) is 36.4 Å². The lowest BCUT2D eigenvalue weighted by Gasteiger charge is -2.41. The van der Waals surface area contributed by atoms with Crippen molar-refractivity contribution >= 4 is 28.3 Å². The van der Waals surface area contributed by atoms with E-state index in [1.165, 1.54) is 16.7 Å². The number of anilines is 2. The van der Waals surface area contributed by atoms with Crippen molar-refractivity contribution < 1.29 is 23.1 Å².